The molecule has 0 spiro atoms. The number of benzene rings is 3. The number of anilines is 2. The number of rotatable bonds is 8. The number of amides is 1. The van der Waals surface area contributed by atoms with Crippen molar-refractivity contribution in [1.82, 2.24) is 0 Å². The topological polar surface area (TPSA) is 83.6 Å². The Hall–Kier alpha value is -3.73. The summed E-state index contributed by atoms with van der Waals surface area (Å²) in [5.74, 6) is -3.11. The van der Waals surface area contributed by atoms with E-state index < -0.39 is 45.1 Å². The van der Waals surface area contributed by atoms with Crippen molar-refractivity contribution in [3.63, 3.8) is 0 Å². The van der Waals surface area contributed by atoms with Crippen LogP contribution < -0.4 is 9.62 Å². The van der Waals surface area contributed by atoms with E-state index in [1.807, 2.05) is 19.1 Å². The Morgan fingerprint density at radius 2 is 1.75 bits per heavy atom. The zero-order valence-electron chi connectivity index (χ0n) is 21.9. The molecule has 6 nitrogen and oxygen atoms in total. The lowest BCUT2D eigenvalue weighted by Crippen LogP contribution is -2.43. The minimum absolute atomic E-state index is 0.0218. The lowest BCUT2D eigenvalue weighted by molar-refractivity contribution is -0.137. The van der Waals surface area contributed by atoms with Gasteiger partial charge in [-0.15, -0.1) is 0 Å². The Bertz CT molecular complexity index is 1540. The molecule has 0 bridgehead atoms. The Morgan fingerprint density at radius 1 is 1.07 bits per heavy atom. The average molecular weight is 577 g/mol. The van der Waals surface area contributed by atoms with Crippen LogP contribution in [0.5, 0.6) is 0 Å². The molecule has 4 rings (SSSR count). The summed E-state index contributed by atoms with van der Waals surface area (Å²) in [6.45, 7) is 1.78. The second-order valence-corrected chi connectivity index (χ2v) is 11.8. The zero-order chi connectivity index (χ0) is 29.2. The molecule has 1 atom stereocenters. The van der Waals surface area contributed by atoms with Crippen molar-refractivity contribution in [2.24, 2.45) is 5.92 Å². The highest BCUT2D eigenvalue weighted by molar-refractivity contribution is 7.92. The van der Waals surface area contributed by atoms with Gasteiger partial charge in [0.15, 0.2) is 0 Å². The van der Waals surface area contributed by atoms with Gasteiger partial charge < -0.3 is 4.90 Å². The number of Topliss-reactive ketones (excluding diaryl/α,β-unsaturated/α-hetero) is 1. The van der Waals surface area contributed by atoms with Crippen LogP contribution in [0.3, 0.4) is 0 Å². The van der Waals surface area contributed by atoms with E-state index in [9.17, 15) is 31.2 Å². The summed E-state index contributed by atoms with van der Waals surface area (Å²) < 4.78 is 84.2. The number of ketones is 1. The SMILES string of the molecule is Cc1ccc(CC(=O)C[C@@H]2CCCN(c3c(F)cc(-c4ccccc4NS(C)(=O)=O)cc3C(F)(F)F)C2=O)cc1. The number of piperidine rings is 1. The molecule has 0 saturated carbocycles. The second kappa shape index (κ2) is 11.4. The number of alkyl halides is 3. The van der Waals surface area contributed by atoms with Crippen LogP contribution in [-0.2, 0) is 32.2 Å². The number of para-hydroxylation sites is 1. The average Bonchev–Trinajstić information content (AvgIpc) is 2.85. The summed E-state index contributed by atoms with van der Waals surface area (Å²) in [5, 5.41) is 0. The summed E-state index contributed by atoms with van der Waals surface area (Å²) >= 11 is 0. The van der Waals surface area contributed by atoms with Crippen LogP contribution >= 0.6 is 0 Å². The summed E-state index contributed by atoms with van der Waals surface area (Å²) in [6.07, 6.45) is -3.61. The van der Waals surface area contributed by atoms with Crippen LogP contribution in [-0.4, -0.2) is 32.9 Å². The summed E-state index contributed by atoms with van der Waals surface area (Å²) in [6, 6.07) is 14.6. The molecule has 0 aromatic heterocycles. The molecule has 0 unspecified atom stereocenters. The first-order chi connectivity index (χ1) is 18.7. The fraction of sp³-hybridized carbons (Fsp3) is 0.310. The van der Waals surface area contributed by atoms with Gasteiger partial charge in [0.1, 0.15) is 11.6 Å². The number of halogens is 4. The second-order valence-electron chi connectivity index (χ2n) is 10.0. The third-order valence-electron chi connectivity index (χ3n) is 6.72. The predicted octanol–water partition coefficient (Wildman–Crippen LogP) is 6.14. The van der Waals surface area contributed by atoms with Gasteiger partial charge in [0, 0.05) is 30.9 Å². The first-order valence-corrected chi connectivity index (χ1v) is 14.5. The number of sulfonamides is 1. The van der Waals surface area contributed by atoms with Gasteiger partial charge in [-0.1, -0.05) is 48.0 Å². The Labute approximate surface area is 230 Å². The van der Waals surface area contributed by atoms with Gasteiger partial charge in [0.2, 0.25) is 15.9 Å². The third kappa shape index (κ3) is 6.88. The van der Waals surface area contributed by atoms with Crippen molar-refractivity contribution < 1.29 is 35.6 Å². The fourth-order valence-corrected chi connectivity index (χ4v) is 5.49. The van der Waals surface area contributed by atoms with Gasteiger partial charge in [-0.3, -0.25) is 14.3 Å². The molecular weight excluding hydrogens is 548 g/mol. The number of nitrogens with zero attached hydrogens (tertiary/aromatic N) is 1. The highest BCUT2D eigenvalue weighted by atomic mass is 32.2. The lowest BCUT2D eigenvalue weighted by Gasteiger charge is -2.34. The smallest absolute Gasteiger partial charge is 0.309 e. The summed E-state index contributed by atoms with van der Waals surface area (Å²) in [4.78, 5) is 26.8. The van der Waals surface area contributed by atoms with Crippen LogP contribution in [0.15, 0.2) is 60.7 Å². The van der Waals surface area contributed by atoms with Crippen LogP contribution in [0.1, 0.15) is 36.0 Å². The van der Waals surface area contributed by atoms with Gasteiger partial charge in [0.25, 0.3) is 0 Å². The van der Waals surface area contributed by atoms with Crippen LogP contribution in [0.4, 0.5) is 28.9 Å². The standard InChI is InChI=1S/C29H28F4N2O4S/c1-18-9-11-19(12-10-18)14-22(36)15-20-6-5-13-35(28(20)37)27-24(29(31,32)33)16-21(17-25(27)30)23-7-3-4-8-26(23)34-40(2,38)39/h3-4,7-12,16-17,20,34H,5-6,13-15H2,1-2H3/t20-/m0/s1. The maximum absolute atomic E-state index is 15.6. The first-order valence-electron chi connectivity index (χ1n) is 12.6. The number of aryl methyl sites for hydroxylation is 1. The van der Waals surface area contributed by atoms with Crippen LogP contribution in [0.2, 0.25) is 0 Å². The van der Waals surface area contributed by atoms with Crippen molar-refractivity contribution in [1.29, 1.82) is 0 Å². The molecule has 1 fully saturated rings. The minimum atomic E-state index is -5.03. The van der Waals surface area contributed by atoms with Gasteiger partial charge in [0.05, 0.1) is 23.2 Å². The normalized spacial score (nSPS) is 16.2. The maximum atomic E-state index is 15.6. The Balaban J connectivity index is 1.66. The molecule has 212 valence electrons. The van der Waals surface area contributed by atoms with Gasteiger partial charge in [-0.05, 0) is 49.1 Å². The Morgan fingerprint density at radius 3 is 2.40 bits per heavy atom. The molecule has 1 heterocycles. The number of carbonyl (C=O) groups is 2. The monoisotopic (exact) mass is 576 g/mol. The molecule has 0 radical (unpaired) electrons. The van der Waals surface area contributed by atoms with E-state index in [4.69, 9.17) is 0 Å². The van der Waals surface area contributed by atoms with Crippen molar-refractivity contribution >= 4 is 33.1 Å². The molecule has 3 aromatic carbocycles. The molecule has 1 N–H and O–H groups in total. The largest absolute Gasteiger partial charge is 0.418 e. The van der Waals surface area contributed by atoms with Crippen molar-refractivity contribution in [2.45, 2.75) is 38.8 Å². The van der Waals surface area contributed by atoms with Crippen molar-refractivity contribution in [3.8, 4) is 11.1 Å². The van der Waals surface area contributed by atoms with E-state index in [2.05, 4.69) is 4.72 Å². The van der Waals surface area contributed by atoms with E-state index in [1.165, 1.54) is 24.3 Å². The molecule has 1 saturated heterocycles. The Kier molecular flexibility index (Phi) is 8.34. The summed E-state index contributed by atoms with van der Waals surface area (Å²) in [5.41, 5.74) is -0.669. The molecule has 1 aliphatic heterocycles. The van der Waals surface area contributed by atoms with Crippen LogP contribution in [0.25, 0.3) is 11.1 Å². The number of hydrogen-bond donors (Lipinski definition) is 1. The van der Waals surface area contributed by atoms with Crippen molar-refractivity contribution in [2.75, 3.05) is 22.4 Å². The fourth-order valence-electron chi connectivity index (χ4n) is 4.91. The number of carbonyl (C=O) groups excluding carboxylic acids is 2. The van der Waals surface area contributed by atoms with E-state index in [1.54, 1.807) is 12.1 Å². The molecule has 3 aromatic rings. The molecule has 40 heavy (non-hydrogen) atoms. The molecule has 1 amide bonds. The molecular formula is C29H28F4N2O4S. The van der Waals surface area contributed by atoms with E-state index in [-0.39, 0.29) is 42.0 Å². The molecule has 11 heteroatoms. The first kappa shape index (κ1) is 29.3. The van der Waals surface area contributed by atoms with Crippen molar-refractivity contribution in [3.05, 3.63) is 83.2 Å². The molecule has 0 aliphatic carbocycles. The van der Waals surface area contributed by atoms with E-state index in [0.29, 0.717) is 18.9 Å². The van der Waals surface area contributed by atoms with Gasteiger partial charge >= 0.3 is 6.18 Å². The molecule has 1 aliphatic rings. The zero-order valence-corrected chi connectivity index (χ0v) is 22.7. The minimum Gasteiger partial charge on any atom is -0.309 e. The lowest BCUT2D eigenvalue weighted by atomic mass is 9.89. The summed E-state index contributed by atoms with van der Waals surface area (Å²) in [7, 11) is -3.77. The number of nitrogens with one attached hydrogen (secondary N) is 1. The van der Waals surface area contributed by atoms with Gasteiger partial charge in [-0.2, -0.15) is 13.2 Å². The van der Waals surface area contributed by atoms with Crippen LogP contribution in [0, 0.1) is 18.7 Å². The highest BCUT2D eigenvalue weighted by Crippen LogP contribution is 2.43. The maximum Gasteiger partial charge on any atom is 0.418 e. The number of hydrogen-bond acceptors (Lipinski definition) is 4. The third-order valence-corrected chi connectivity index (χ3v) is 7.31. The quantitative estimate of drug-likeness (QED) is 0.327. The van der Waals surface area contributed by atoms with E-state index in [0.717, 1.165) is 28.3 Å². The van der Waals surface area contributed by atoms with E-state index >= 15 is 4.39 Å². The highest BCUT2D eigenvalue weighted by Gasteiger charge is 2.41. The predicted molar refractivity (Wildman–Crippen MR) is 145 cm³/mol. The van der Waals surface area contributed by atoms with Gasteiger partial charge in [-0.25, -0.2) is 12.8 Å².